The molecule has 1 aromatic carbocycles. The SMILES string of the molecule is O=c1c([N+](=O)[O-])c(Cl)nc2sc(S(=O)(=O)Cc3ccccc3)nn12. The van der Waals surface area contributed by atoms with Gasteiger partial charge >= 0.3 is 11.2 Å². The largest absolute Gasteiger partial charge is 0.372 e. The molecule has 0 atom stereocenters. The van der Waals surface area contributed by atoms with Gasteiger partial charge in [0.15, 0.2) is 0 Å². The Morgan fingerprint density at radius 3 is 2.58 bits per heavy atom. The summed E-state index contributed by atoms with van der Waals surface area (Å²) in [5.74, 6) is -0.321. The molecule has 0 saturated heterocycles. The van der Waals surface area contributed by atoms with Crippen LogP contribution in [0.2, 0.25) is 5.15 Å². The molecule has 0 unspecified atom stereocenters. The summed E-state index contributed by atoms with van der Waals surface area (Å²) in [7, 11) is -3.84. The lowest BCUT2D eigenvalue weighted by Gasteiger charge is -1.99. The van der Waals surface area contributed by atoms with Crippen molar-refractivity contribution in [2.45, 2.75) is 10.1 Å². The van der Waals surface area contributed by atoms with Crippen LogP contribution in [-0.4, -0.2) is 27.9 Å². The first kappa shape index (κ1) is 16.5. The van der Waals surface area contributed by atoms with Crippen molar-refractivity contribution in [1.82, 2.24) is 14.6 Å². The molecule has 9 nitrogen and oxygen atoms in total. The first-order valence-corrected chi connectivity index (χ1v) is 9.15. The van der Waals surface area contributed by atoms with Gasteiger partial charge in [0.25, 0.3) is 0 Å². The van der Waals surface area contributed by atoms with E-state index in [9.17, 15) is 23.3 Å². The van der Waals surface area contributed by atoms with Crippen molar-refractivity contribution < 1.29 is 13.3 Å². The van der Waals surface area contributed by atoms with E-state index in [1.165, 1.54) is 0 Å². The molecule has 0 fully saturated rings. The van der Waals surface area contributed by atoms with Crippen molar-refractivity contribution in [3.05, 3.63) is 61.5 Å². The second kappa shape index (κ2) is 5.92. The van der Waals surface area contributed by atoms with E-state index in [1.807, 2.05) is 0 Å². The van der Waals surface area contributed by atoms with Crippen molar-refractivity contribution in [3.8, 4) is 0 Å². The molecule has 124 valence electrons. The van der Waals surface area contributed by atoms with E-state index < -0.39 is 31.2 Å². The van der Waals surface area contributed by atoms with E-state index >= 15 is 0 Å². The van der Waals surface area contributed by atoms with Crippen LogP contribution >= 0.6 is 22.9 Å². The molecule has 0 amide bonds. The molecule has 0 spiro atoms. The fourth-order valence-corrected chi connectivity index (χ4v) is 4.70. The van der Waals surface area contributed by atoms with Crippen molar-refractivity contribution >= 4 is 43.4 Å². The van der Waals surface area contributed by atoms with E-state index in [-0.39, 0.29) is 15.1 Å². The Hall–Kier alpha value is -2.37. The Morgan fingerprint density at radius 1 is 1.29 bits per heavy atom. The van der Waals surface area contributed by atoms with E-state index in [0.717, 1.165) is 0 Å². The number of aromatic nitrogens is 3. The summed E-state index contributed by atoms with van der Waals surface area (Å²) in [6.07, 6.45) is 0. The number of hydrogen-bond donors (Lipinski definition) is 0. The maximum absolute atomic E-state index is 12.4. The maximum Gasteiger partial charge on any atom is 0.372 e. The molecule has 12 heteroatoms. The number of nitro groups is 1. The smallest absolute Gasteiger partial charge is 0.259 e. The summed E-state index contributed by atoms with van der Waals surface area (Å²) in [4.78, 5) is 25.4. The summed E-state index contributed by atoms with van der Waals surface area (Å²) >= 11 is 6.24. The second-order valence-corrected chi connectivity index (χ2v) is 8.10. The van der Waals surface area contributed by atoms with E-state index in [1.54, 1.807) is 30.3 Å². The van der Waals surface area contributed by atoms with Crippen LogP contribution in [0, 0.1) is 10.1 Å². The van der Waals surface area contributed by atoms with Crippen molar-refractivity contribution in [3.63, 3.8) is 0 Å². The lowest BCUT2D eigenvalue weighted by Crippen LogP contribution is -2.19. The highest BCUT2D eigenvalue weighted by atomic mass is 35.5. The molecule has 3 aromatic rings. The topological polar surface area (TPSA) is 125 Å². The van der Waals surface area contributed by atoms with Crippen LogP contribution in [0.5, 0.6) is 0 Å². The van der Waals surface area contributed by atoms with Gasteiger partial charge in [-0.2, -0.15) is 9.50 Å². The fourth-order valence-electron chi connectivity index (χ4n) is 1.93. The fraction of sp³-hybridized carbons (Fsp3) is 0.0833. The number of benzene rings is 1. The average molecular weight is 387 g/mol. The van der Waals surface area contributed by atoms with Gasteiger partial charge in [0.05, 0.1) is 10.7 Å². The first-order valence-electron chi connectivity index (χ1n) is 6.30. The minimum Gasteiger partial charge on any atom is -0.259 e. The van der Waals surface area contributed by atoms with Gasteiger partial charge in [0, 0.05) is 0 Å². The van der Waals surface area contributed by atoms with Crippen LogP contribution in [0.3, 0.4) is 0 Å². The van der Waals surface area contributed by atoms with E-state index in [2.05, 4.69) is 10.1 Å². The number of sulfone groups is 1. The Bertz CT molecular complexity index is 1110. The predicted octanol–water partition coefficient (Wildman–Crippen LogP) is 1.69. The third-order valence-electron chi connectivity index (χ3n) is 2.97. The molecule has 0 aliphatic heterocycles. The third kappa shape index (κ3) is 2.88. The number of rotatable bonds is 4. The van der Waals surface area contributed by atoms with Crippen molar-refractivity contribution in [1.29, 1.82) is 0 Å². The van der Waals surface area contributed by atoms with Crippen LogP contribution in [-0.2, 0) is 15.6 Å². The number of nitrogens with zero attached hydrogens (tertiary/aromatic N) is 4. The summed E-state index contributed by atoms with van der Waals surface area (Å²) < 4.78 is 25.1. The molecule has 0 aliphatic carbocycles. The minimum atomic E-state index is -3.84. The van der Waals surface area contributed by atoms with E-state index in [0.29, 0.717) is 21.4 Å². The van der Waals surface area contributed by atoms with Gasteiger partial charge in [-0.05, 0) is 5.56 Å². The number of hydrogen-bond acceptors (Lipinski definition) is 8. The highest BCUT2D eigenvalue weighted by molar-refractivity contribution is 7.92. The number of halogens is 1. The molecule has 2 aromatic heterocycles. The molecule has 24 heavy (non-hydrogen) atoms. The highest BCUT2D eigenvalue weighted by Crippen LogP contribution is 2.24. The summed E-state index contributed by atoms with van der Waals surface area (Å²) in [6.45, 7) is 0. The zero-order valence-electron chi connectivity index (χ0n) is 11.6. The van der Waals surface area contributed by atoms with Gasteiger partial charge in [-0.1, -0.05) is 53.3 Å². The zero-order chi connectivity index (χ0) is 17.5. The van der Waals surface area contributed by atoms with Crippen LogP contribution in [0.15, 0.2) is 39.5 Å². The van der Waals surface area contributed by atoms with Gasteiger partial charge in [-0.3, -0.25) is 14.9 Å². The summed E-state index contributed by atoms with van der Waals surface area (Å²) in [5.41, 5.74) is -1.54. The van der Waals surface area contributed by atoms with E-state index in [4.69, 9.17) is 11.6 Å². The molecular formula is C12H7ClN4O5S2. The molecular weight excluding hydrogens is 380 g/mol. The quantitative estimate of drug-likeness (QED) is 0.379. The minimum absolute atomic E-state index is 0.137. The van der Waals surface area contributed by atoms with Gasteiger partial charge in [-0.25, -0.2) is 8.42 Å². The number of fused-ring (bicyclic) bond motifs is 1. The monoisotopic (exact) mass is 386 g/mol. The van der Waals surface area contributed by atoms with Gasteiger partial charge in [0.2, 0.25) is 24.3 Å². The summed E-state index contributed by atoms with van der Waals surface area (Å²) in [5, 5.41) is 13.9. The van der Waals surface area contributed by atoms with Gasteiger partial charge in [0.1, 0.15) is 0 Å². The molecule has 0 saturated carbocycles. The molecule has 2 heterocycles. The Morgan fingerprint density at radius 2 is 1.96 bits per heavy atom. The Balaban J connectivity index is 2.13. The maximum atomic E-state index is 12.4. The lowest BCUT2D eigenvalue weighted by molar-refractivity contribution is -0.386. The van der Waals surface area contributed by atoms with Gasteiger partial charge < -0.3 is 0 Å². The zero-order valence-corrected chi connectivity index (χ0v) is 14.0. The average Bonchev–Trinajstić information content (AvgIpc) is 2.92. The van der Waals surface area contributed by atoms with Crippen molar-refractivity contribution in [2.24, 2.45) is 0 Å². The van der Waals surface area contributed by atoms with Crippen LogP contribution in [0.25, 0.3) is 4.96 Å². The molecule has 0 aliphatic rings. The highest BCUT2D eigenvalue weighted by Gasteiger charge is 2.27. The third-order valence-corrected chi connectivity index (χ3v) is 6.28. The normalized spacial score (nSPS) is 11.7. The standard InChI is InChI=1S/C12H7ClN4O5S2/c13-9-8(17(19)20)10(18)16-11(14-9)23-12(15-16)24(21,22)6-7-4-2-1-3-5-7/h1-5H,6H2. The van der Waals surface area contributed by atoms with Crippen LogP contribution in [0.4, 0.5) is 5.69 Å². The van der Waals surface area contributed by atoms with Crippen molar-refractivity contribution in [2.75, 3.05) is 0 Å². The Labute approximate surface area is 143 Å². The van der Waals surface area contributed by atoms with Crippen LogP contribution < -0.4 is 5.56 Å². The molecule has 3 rings (SSSR count). The lowest BCUT2D eigenvalue weighted by atomic mass is 10.2. The second-order valence-electron chi connectivity index (χ2n) is 4.62. The first-order chi connectivity index (χ1) is 11.3. The summed E-state index contributed by atoms with van der Waals surface area (Å²) in [6, 6.07) is 8.41. The Kier molecular flexibility index (Phi) is 4.07. The predicted molar refractivity (Wildman–Crippen MR) is 86.1 cm³/mol. The van der Waals surface area contributed by atoms with Crippen LogP contribution in [0.1, 0.15) is 5.56 Å². The van der Waals surface area contributed by atoms with Gasteiger partial charge in [-0.15, -0.1) is 5.10 Å². The molecule has 0 radical (unpaired) electrons. The molecule has 0 N–H and O–H groups in total. The molecule has 0 bridgehead atoms.